The highest BCUT2D eigenvalue weighted by atomic mass is 35.5. The minimum Gasteiger partial charge on any atom is -0.463 e. The summed E-state index contributed by atoms with van der Waals surface area (Å²) in [5.74, 6) is -0.998. The summed E-state index contributed by atoms with van der Waals surface area (Å²) in [7, 11) is 0. The smallest absolute Gasteiger partial charge is 0.331 e. The van der Waals surface area contributed by atoms with E-state index in [9.17, 15) is 9.59 Å². The topological polar surface area (TPSA) is 52.6 Å². The van der Waals surface area contributed by atoms with Gasteiger partial charge in [-0.15, -0.1) is 0 Å². The second-order valence-electron chi connectivity index (χ2n) is 3.53. The van der Waals surface area contributed by atoms with Gasteiger partial charge < -0.3 is 9.47 Å². The molecule has 0 aromatic rings. The SMILES string of the molecule is C=CCl.CCCCOC(=O)/C=C\C(=O)OCCCC. The maximum Gasteiger partial charge on any atom is 0.331 e. The number of rotatable bonds is 8. The first-order chi connectivity index (χ1) is 9.12. The zero-order chi connectivity index (χ0) is 14.9. The summed E-state index contributed by atoms with van der Waals surface area (Å²) in [6, 6.07) is 0. The average molecular weight is 291 g/mol. The van der Waals surface area contributed by atoms with Crippen LogP contribution in [-0.4, -0.2) is 25.2 Å². The average Bonchev–Trinajstić information content (AvgIpc) is 2.38. The van der Waals surface area contributed by atoms with Crippen molar-refractivity contribution < 1.29 is 19.1 Å². The summed E-state index contributed by atoms with van der Waals surface area (Å²) in [4.78, 5) is 22.1. The Labute approximate surface area is 120 Å². The Bertz CT molecular complexity index is 251. The Balaban J connectivity index is 0. The number of carbonyl (C=O) groups is 2. The summed E-state index contributed by atoms with van der Waals surface area (Å²) in [6.07, 6.45) is 5.81. The number of halogens is 1. The molecule has 110 valence electrons. The van der Waals surface area contributed by atoms with Crippen molar-refractivity contribution >= 4 is 23.5 Å². The van der Waals surface area contributed by atoms with Crippen molar-refractivity contribution in [3.8, 4) is 0 Å². The minimum absolute atomic E-state index is 0.393. The first-order valence-corrected chi connectivity index (χ1v) is 6.78. The molecule has 0 fully saturated rings. The van der Waals surface area contributed by atoms with Gasteiger partial charge in [-0.3, -0.25) is 0 Å². The van der Waals surface area contributed by atoms with Crippen molar-refractivity contribution in [1.29, 1.82) is 0 Å². The molecule has 0 N–H and O–H groups in total. The lowest BCUT2D eigenvalue weighted by Crippen LogP contribution is -2.05. The van der Waals surface area contributed by atoms with Crippen LogP contribution in [0.15, 0.2) is 24.3 Å². The van der Waals surface area contributed by atoms with Gasteiger partial charge in [-0.05, 0) is 18.4 Å². The number of esters is 2. The predicted molar refractivity (Wildman–Crippen MR) is 76.9 cm³/mol. The molecule has 0 aliphatic heterocycles. The molecule has 0 rings (SSSR count). The van der Waals surface area contributed by atoms with Crippen molar-refractivity contribution in [2.24, 2.45) is 0 Å². The Hall–Kier alpha value is -1.29. The van der Waals surface area contributed by atoms with Crippen LogP contribution in [-0.2, 0) is 19.1 Å². The van der Waals surface area contributed by atoms with Gasteiger partial charge in [0.1, 0.15) is 0 Å². The van der Waals surface area contributed by atoms with Crippen molar-refractivity contribution in [3.63, 3.8) is 0 Å². The van der Waals surface area contributed by atoms with E-state index >= 15 is 0 Å². The molecule has 0 saturated carbocycles. The third-order valence-electron chi connectivity index (χ3n) is 1.84. The second kappa shape index (κ2) is 16.7. The normalized spacial score (nSPS) is 9.42. The molecule has 4 nitrogen and oxygen atoms in total. The number of hydrogen-bond donors (Lipinski definition) is 0. The van der Waals surface area contributed by atoms with E-state index in [1.807, 2.05) is 13.8 Å². The third-order valence-corrected chi connectivity index (χ3v) is 1.84. The molecule has 19 heavy (non-hydrogen) atoms. The fourth-order valence-corrected chi connectivity index (χ4v) is 0.867. The number of carbonyl (C=O) groups excluding carboxylic acids is 2. The molecule has 0 amide bonds. The van der Waals surface area contributed by atoms with Crippen molar-refractivity contribution in [2.75, 3.05) is 13.2 Å². The summed E-state index contributed by atoms with van der Waals surface area (Å²) in [5.41, 5.74) is 1.22. The molecule has 0 atom stereocenters. The second-order valence-corrected chi connectivity index (χ2v) is 3.84. The van der Waals surface area contributed by atoms with E-state index in [0.717, 1.165) is 37.8 Å². The molecular formula is C14H23ClO4. The van der Waals surface area contributed by atoms with Crippen LogP contribution in [0.1, 0.15) is 39.5 Å². The van der Waals surface area contributed by atoms with Crippen LogP contribution in [0.2, 0.25) is 0 Å². The lowest BCUT2D eigenvalue weighted by atomic mass is 10.4. The molecular weight excluding hydrogens is 268 g/mol. The number of ether oxygens (including phenoxy) is 2. The van der Waals surface area contributed by atoms with Gasteiger partial charge in [0.2, 0.25) is 0 Å². The van der Waals surface area contributed by atoms with E-state index in [-0.39, 0.29) is 0 Å². The molecule has 0 aromatic carbocycles. The Morgan fingerprint density at radius 1 is 1.00 bits per heavy atom. The molecule has 5 heteroatoms. The van der Waals surface area contributed by atoms with Gasteiger partial charge in [-0.2, -0.15) is 0 Å². The minimum atomic E-state index is -0.499. The van der Waals surface area contributed by atoms with E-state index in [2.05, 4.69) is 6.58 Å². The van der Waals surface area contributed by atoms with Gasteiger partial charge in [0, 0.05) is 12.2 Å². The number of unbranched alkanes of at least 4 members (excludes halogenated alkanes) is 2. The fourth-order valence-electron chi connectivity index (χ4n) is 0.867. The zero-order valence-electron chi connectivity index (χ0n) is 11.7. The maximum absolute atomic E-state index is 11.0. The zero-order valence-corrected chi connectivity index (χ0v) is 12.4. The molecule has 0 aromatic heterocycles. The Kier molecular flexibility index (Phi) is 17.6. The van der Waals surface area contributed by atoms with Gasteiger partial charge in [0.25, 0.3) is 0 Å². The summed E-state index contributed by atoms with van der Waals surface area (Å²) < 4.78 is 9.65. The molecule has 0 bridgehead atoms. The van der Waals surface area contributed by atoms with Crippen molar-refractivity contribution in [2.45, 2.75) is 39.5 Å². The van der Waals surface area contributed by atoms with E-state index < -0.39 is 11.9 Å². The van der Waals surface area contributed by atoms with Gasteiger partial charge in [0.15, 0.2) is 0 Å². The van der Waals surface area contributed by atoms with Crippen molar-refractivity contribution in [1.82, 2.24) is 0 Å². The predicted octanol–water partition coefficient (Wildman–Crippen LogP) is 3.60. The van der Waals surface area contributed by atoms with Crippen LogP contribution < -0.4 is 0 Å². The van der Waals surface area contributed by atoms with E-state index in [1.54, 1.807) is 0 Å². The molecule has 0 aliphatic rings. The highest BCUT2D eigenvalue weighted by Crippen LogP contribution is 1.92. The molecule has 0 heterocycles. The summed E-state index contributed by atoms with van der Waals surface area (Å²) in [6.45, 7) is 7.93. The first-order valence-electron chi connectivity index (χ1n) is 6.35. The Morgan fingerprint density at radius 3 is 1.58 bits per heavy atom. The molecule has 0 spiro atoms. The molecule has 0 saturated heterocycles. The van der Waals surface area contributed by atoms with Crippen LogP contribution in [0.25, 0.3) is 0 Å². The summed E-state index contributed by atoms with van der Waals surface area (Å²) in [5, 5.41) is 0. The molecule has 0 radical (unpaired) electrons. The fraction of sp³-hybridized carbons (Fsp3) is 0.571. The van der Waals surface area contributed by atoms with Crippen LogP contribution in [0.4, 0.5) is 0 Å². The highest BCUT2D eigenvalue weighted by Gasteiger charge is 2.00. The van der Waals surface area contributed by atoms with Crippen LogP contribution >= 0.6 is 11.6 Å². The summed E-state index contributed by atoms with van der Waals surface area (Å²) >= 11 is 4.76. The lowest BCUT2D eigenvalue weighted by molar-refractivity contribution is -0.140. The first kappa shape index (κ1) is 20.0. The van der Waals surface area contributed by atoms with Crippen LogP contribution in [0.5, 0.6) is 0 Å². The van der Waals surface area contributed by atoms with Gasteiger partial charge in [-0.1, -0.05) is 44.9 Å². The van der Waals surface area contributed by atoms with Gasteiger partial charge in [0.05, 0.1) is 13.2 Å². The van der Waals surface area contributed by atoms with Crippen LogP contribution in [0, 0.1) is 0 Å². The highest BCUT2D eigenvalue weighted by molar-refractivity contribution is 6.25. The standard InChI is InChI=1S/C12H20O4.C2H3Cl/c1-3-5-9-15-11(13)7-8-12(14)16-10-6-4-2;1-2-3/h7-8H,3-6,9-10H2,1-2H3;2H,1H2/b8-7-;. The van der Waals surface area contributed by atoms with Gasteiger partial charge >= 0.3 is 11.9 Å². The monoisotopic (exact) mass is 290 g/mol. The maximum atomic E-state index is 11.0. The lowest BCUT2D eigenvalue weighted by Gasteiger charge is -2.00. The van der Waals surface area contributed by atoms with Crippen molar-refractivity contribution in [3.05, 3.63) is 24.3 Å². The van der Waals surface area contributed by atoms with E-state index in [0.29, 0.717) is 13.2 Å². The van der Waals surface area contributed by atoms with Gasteiger partial charge in [-0.25, -0.2) is 9.59 Å². The quantitative estimate of drug-likeness (QED) is 0.389. The Morgan fingerprint density at radius 2 is 1.32 bits per heavy atom. The van der Waals surface area contributed by atoms with E-state index in [4.69, 9.17) is 21.1 Å². The van der Waals surface area contributed by atoms with E-state index in [1.165, 1.54) is 5.54 Å². The number of hydrogen-bond acceptors (Lipinski definition) is 4. The molecule has 0 aliphatic carbocycles. The molecule has 0 unspecified atom stereocenters. The van der Waals surface area contributed by atoms with Crippen LogP contribution in [0.3, 0.4) is 0 Å². The third kappa shape index (κ3) is 19.2. The largest absolute Gasteiger partial charge is 0.463 e.